The summed E-state index contributed by atoms with van der Waals surface area (Å²) in [6.07, 6.45) is -0.936. The fourth-order valence-electron chi connectivity index (χ4n) is 3.70. The molecule has 0 radical (unpaired) electrons. The molecule has 0 saturated carbocycles. The van der Waals surface area contributed by atoms with Gasteiger partial charge in [0.15, 0.2) is 0 Å². The molecule has 0 bridgehead atoms. The van der Waals surface area contributed by atoms with Gasteiger partial charge < -0.3 is 25.2 Å². The fourth-order valence-corrected chi connectivity index (χ4v) is 3.70. The Bertz CT molecular complexity index is 1050. The second-order valence-corrected chi connectivity index (χ2v) is 9.17. The molecule has 0 fully saturated rings. The average molecular weight is 491 g/mol. The van der Waals surface area contributed by atoms with Crippen LogP contribution in [-0.4, -0.2) is 60.4 Å². The third-order valence-electron chi connectivity index (χ3n) is 5.43. The lowest BCUT2D eigenvalue weighted by atomic mass is 9.98. The van der Waals surface area contributed by atoms with Crippen molar-refractivity contribution in [3.63, 3.8) is 0 Å². The van der Waals surface area contributed by atoms with E-state index in [1.807, 2.05) is 53.8 Å². The first-order valence-corrected chi connectivity index (χ1v) is 11.0. The number of fused-ring (bicyclic) bond motifs is 3. The molecule has 0 unspecified atom stereocenters. The van der Waals surface area contributed by atoms with Gasteiger partial charge >= 0.3 is 18.0 Å². The van der Waals surface area contributed by atoms with Crippen LogP contribution in [0.4, 0.5) is 13.6 Å². The zero-order valence-corrected chi connectivity index (χ0v) is 19.6. The standard InChI is InChI=1S/C25H28F2N2O6/c1-24(2,3)35-13-20(21(30)28-14-25(26,27)22(31)32)29-23(33)34-12-19-17-10-6-4-8-15(17)16-9-5-7-11-18(16)19/h4-11,19-20H,12-14H2,1-3H3,(H,28,30)(H,29,33)(H,31,32)/t20-/m0/s1. The molecule has 3 rings (SSSR count). The number of amides is 2. The number of carbonyl (C=O) groups excluding carboxylic acids is 2. The molecule has 10 heteroatoms. The smallest absolute Gasteiger partial charge is 0.407 e. The summed E-state index contributed by atoms with van der Waals surface area (Å²) in [6.45, 7) is 3.37. The van der Waals surface area contributed by atoms with E-state index in [2.05, 4.69) is 5.32 Å². The number of aliphatic carboxylic acids is 1. The molecule has 1 aliphatic rings. The number of halogens is 2. The number of alkyl halides is 2. The minimum absolute atomic E-state index is 0.00852. The van der Waals surface area contributed by atoms with Gasteiger partial charge in [-0.05, 0) is 43.0 Å². The quantitative estimate of drug-likeness (QED) is 0.496. The van der Waals surface area contributed by atoms with Crippen LogP contribution in [-0.2, 0) is 19.1 Å². The van der Waals surface area contributed by atoms with Gasteiger partial charge in [0.2, 0.25) is 5.91 Å². The molecule has 2 aromatic carbocycles. The van der Waals surface area contributed by atoms with E-state index >= 15 is 0 Å². The maximum Gasteiger partial charge on any atom is 0.407 e. The monoisotopic (exact) mass is 490 g/mol. The van der Waals surface area contributed by atoms with Crippen molar-refractivity contribution < 1.29 is 37.7 Å². The number of ether oxygens (including phenoxy) is 2. The molecule has 3 N–H and O–H groups in total. The first kappa shape index (κ1) is 26.1. The van der Waals surface area contributed by atoms with Gasteiger partial charge in [0, 0.05) is 5.92 Å². The molecule has 0 aliphatic heterocycles. The maximum absolute atomic E-state index is 13.4. The topological polar surface area (TPSA) is 114 Å². The van der Waals surface area contributed by atoms with Crippen molar-refractivity contribution in [3.8, 4) is 11.1 Å². The molecule has 1 atom stereocenters. The molecule has 8 nitrogen and oxygen atoms in total. The van der Waals surface area contributed by atoms with E-state index in [9.17, 15) is 23.2 Å². The highest BCUT2D eigenvalue weighted by Gasteiger charge is 2.40. The number of nitrogens with one attached hydrogen (secondary N) is 2. The van der Waals surface area contributed by atoms with Gasteiger partial charge in [-0.1, -0.05) is 48.5 Å². The van der Waals surface area contributed by atoms with Gasteiger partial charge in [-0.2, -0.15) is 8.78 Å². The predicted molar refractivity (Wildman–Crippen MR) is 123 cm³/mol. The van der Waals surface area contributed by atoms with E-state index in [0.29, 0.717) is 0 Å². The first-order chi connectivity index (χ1) is 16.4. The zero-order chi connectivity index (χ0) is 25.8. The third kappa shape index (κ3) is 6.54. The van der Waals surface area contributed by atoms with Crippen LogP contribution in [0.15, 0.2) is 48.5 Å². The largest absolute Gasteiger partial charge is 0.477 e. The van der Waals surface area contributed by atoms with E-state index in [-0.39, 0.29) is 19.1 Å². The summed E-state index contributed by atoms with van der Waals surface area (Å²) in [5, 5.41) is 12.7. The van der Waals surface area contributed by atoms with Crippen LogP contribution in [0.3, 0.4) is 0 Å². The molecule has 2 aromatic rings. The number of alkyl carbamates (subject to hydrolysis) is 1. The molecular weight excluding hydrogens is 462 g/mol. The van der Waals surface area contributed by atoms with Crippen LogP contribution in [0.1, 0.15) is 37.8 Å². The Hall–Kier alpha value is -3.53. The molecular formula is C25H28F2N2O6. The van der Waals surface area contributed by atoms with E-state index in [1.165, 1.54) is 0 Å². The summed E-state index contributed by atoms with van der Waals surface area (Å²) in [6, 6.07) is 14.2. The number of hydrogen-bond donors (Lipinski definition) is 3. The average Bonchev–Trinajstić information content (AvgIpc) is 3.12. The lowest BCUT2D eigenvalue weighted by molar-refractivity contribution is -0.164. The lowest BCUT2D eigenvalue weighted by Crippen LogP contribution is -2.53. The van der Waals surface area contributed by atoms with Crippen molar-refractivity contribution in [3.05, 3.63) is 59.7 Å². The number of rotatable bonds is 9. The maximum atomic E-state index is 13.4. The summed E-state index contributed by atoms with van der Waals surface area (Å²) in [7, 11) is 0. The van der Waals surface area contributed by atoms with Crippen LogP contribution >= 0.6 is 0 Å². The van der Waals surface area contributed by atoms with Crippen molar-refractivity contribution in [2.75, 3.05) is 19.8 Å². The predicted octanol–water partition coefficient (Wildman–Crippen LogP) is 3.54. The molecule has 35 heavy (non-hydrogen) atoms. The molecule has 1 aliphatic carbocycles. The van der Waals surface area contributed by atoms with Gasteiger partial charge in [0.1, 0.15) is 12.6 Å². The second-order valence-electron chi connectivity index (χ2n) is 9.17. The fraction of sp³-hybridized carbons (Fsp3) is 0.400. The summed E-state index contributed by atoms with van der Waals surface area (Å²) in [5.74, 6) is -7.76. The molecule has 0 aromatic heterocycles. The van der Waals surface area contributed by atoms with Gasteiger partial charge in [-0.25, -0.2) is 9.59 Å². The van der Waals surface area contributed by atoms with Gasteiger partial charge in [0.05, 0.1) is 18.8 Å². The van der Waals surface area contributed by atoms with Crippen LogP contribution in [0.5, 0.6) is 0 Å². The number of carboxylic acids is 1. The lowest BCUT2D eigenvalue weighted by Gasteiger charge is -2.25. The summed E-state index contributed by atoms with van der Waals surface area (Å²) in [5.41, 5.74) is 3.41. The Labute approximate surface area is 201 Å². The number of hydrogen-bond acceptors (Lipinski definition) is 5. The van der Waals surface area contributed by atoms with Gasteiger partial charge in [0.25, 0.3) is 0 Å². The highest BCUT2D eigenvalue weighted by molar-refractivity contribution is 5.86. The van der Waals surface area contributed by atoms with Crippen molar-refractivity contribution in [1.29, 1.82) is 0 Å². The summed E-state index contributed by atoms with van der Waals surface area (Å²) in [4.78, 5) is 35.6. The van der Waals surface area contributed by atoms with Crippen molar-refractivity contribution in [2.45, 2.75) is 44.3 Å². The molecule has 0 saturated heterocycles. The number of benzene rings is 2. The summed E-state index contributed by atoms with van der Waals surface area (Å²) < 4.78 is 37.7. The minimum atomic E-state index is -4.16. The van der Waals surface area contributed by atoms with Gasteiger partial charge in [-0.15, -0.1) is 0 Å². The first-order valence-electron chi connectivity index (χ1n) is 11.0. The normalized spacial score (nSPS) is 14.0. The molecule has 0 heterocycles. The van der Waals surface area contributed by atoms with E-state index in [4.69, 9.17) is 14.6 Å². The van der Waals surface area contributed by atoms with Crippen LogP contribution in [0, 0.1) is 0 Å². The van der Waals surface area contributed by atoms with Crippen LogP contribution < -0.4 is 10.6 Å². The Kier molecular flexibility index (Phi) is 7.74. The van der Waals surface area contributed by atoms with Gasteiger partial charge in [-0.3, -0.25) is 4.79 Å². The Balaban J connectivity index is 1.66. The van der Waals surface area contributed by atoms with Crippen LogP contribution in [0.2, 0.25) is 0 Å². The van der Waals surface area contributed by atoms with E-state index < -0.39 is 42.1 Å². The molecule has 188 valence electrons. The summed E-state index contributed by atoms with van der Waals surface area (Å²) >= 11 is 0. The minimum Gasteiger partial charge on any atom is -0.477 e. The van der Waals surface area contributed by atoms with Crippen molar-refractivity contribution in [2.24, 2.45) is 0 Å². The zero-order valence-electron chi connectivity index (χ0n) is 19.6. The highest BCUT2D eigenvalue weighted by Crippen LogP contribution is 2.44. The Morgan fingerprint density at radius 3 is 2.06 bits per heavy atom. The Morgan fingerprint density at radius 2 is 1.54 bits per heavy atom. The number of carbonyl (C=O) groups is 3. The van der Waals surface area contributed by atoms with Crippen molar-refractivity contribution >= 4 is 18.0 Å². The SMILES string of the molecule is CC(C)(C)OC[C@H](NC(=O)OCC1c2ccccc2-c2ccccc21)C(=O)NCC(F)(F)C(=O)O. The third-order valence-corrected chi connectivity index (χ3v) is 5.43. The Morgan fingerprint density at radius 1 is 1.00 bits per heavy atom. The van der Waals surface area contributed by atoms with Crippen LogP contribution in [0.25, 0.3) is 11.1 Å². The second kappa shape index (κ2) is 10.4. The molecule has 0 spiro atoms. The van der Waals surface area contributed by atoms with E-state index in [1.54, 1.807) is 20.8 Å². The highest BCUT2D eigenvalue weighted by atomic mass is 19.3. The van der Waals surface area contributed by atoms with E-state index in [0.717, 1.165) is 22.3 Å². The number of carboxylic acid groups (broad SMARTS) is 1. The molecule has 2 amide bonds. The van der Waals surface area contributed by atoms with Crippen molar-refractivity contribution in [1.82, 2.24) is 10.6 Å².